The van der Waals surface area contributed by atoms with Crippen molar-refractivity contribution in [2.75, 3.05) is 5.08 Å². The van der Waals surface area contributed by atoms with Crippen LogP contribution in [0, 0.1) is 6.92 Å². The first-order chi connectivity index (χ1) is 10.8. The molecule has 0 saturated heterocycles. The highest BCUT2D eigenvalue weighted by atomic mass is 32.2. The molecule has 1 aromatic rings. The van der Waals surface area contributed by atoms with Crippen molar-refractivity contribution < 1.29 is 0 Å². The summed E-state index contributed by atoms with van der Waals surface area (Å²) >= 11 is 7.50. The Balaban J connectivity index is 1.49. The number of aromatic nitrogens is 1. The highest BCUT2D eigenvalue weighted by molar-refractivity contribution is 8.42. The highest BCUT2D eigenvalue weighted by Gasteiger charge is 2.32. The second-order valence-corrected chi connectivity index (χ2v) is 10.6. The normalized spacial score (nSPS) is 24.5. The van der Waals surface area contributed by atoms with Crippen molar-refractivity contribution in [1.82, 2.24) is 4.98 Å². The maximum Gasteiger partial charge on any atom is 0.151 e. The number of hydrogen-bond donors (Lipinski definition) is 0. The smallest absolute Gasteiger partial charge is 0.151 e. The van der Waals surface area contributed by atoms with E-state index in [-0.39, 0.29) is 0 Å². The summed E-state index contributed by atoms with van der Waals surface area (Å²) in [5.41, 5.74) is 1.07. The van der Waals surface area contributed by atoms with Crippen LogP contribution in [0.3, 0.4) is 0 Å². The van der Waals surface area contributed by atoms with E-state index >= 15 is 0 Å². The average molecular weight is 369 g/mol. The number of allylic oxidation sites excluding steroid dienone is 2. The number of aryl methyl sites for hydroxylation is 1. The molecule has 2 unspecified atom stereocenters. The van der Waals surface area contributed by atoms with Gasteiger partial charge in [-0.3, -0.25) is 4.99 Å². The highest BCUT2D eigenvalue weighted by Crippen LogP contribution is 2.41. The molecule has 1 aromatic heterocycles. The minimum atomic E-state index is 0.601. The lowest BCUT2D eigenvalue weighted by Gasteiger charge is -2.21. The van der Waals surface area contributed by atoms with Gasteiger partial charge in [0.15, 0.2) is 4.34 Å². The van der Waals surface area contributed by atoms with Crippen LogP contribution in [-0.4, -0.2) is 25.7 Å². The molecule has 0 N–H and O–H groups in total. The minimum Gasteiger partial charge on any atom is -0.267 e. The van der Waals surface area contributed by atoms with Crippen molar-refractivity contribution in [1.29, 1.82) is 0 Å². The zero-order chi connectivity index (χ0) is 15.4. The molecule has 0 bridgehead atoms. The largest absolute Gasteiger partial charge is 0.267 e. The lowest BCUT2D eigenvalue weighted by molar-refractivity contribution is 0.462. The molecule has 2 heterocycles. The number of aliphatic imine (C=N–C) groups is 1. The maximum absolute atomic E-state index is 4.89. The molecule has 2 atom stereocenters. The lowest BCUT2D eigenvalue weighted by atomic mass is 9.96. The topological polar surface area (TPSA) is 25.2 Å². The Morgan fingerprint density at radius 3 is 3.00 bits per heavy atom. The van der Waals surface area contributed by atoms with Crippen LogP contribution in [0.5, 0.6) is 0 Å². The average Bonchev–Trinajstić information content (AvgIpc) is 3.08. The molecule has 22 heavy (non-hydrogen) atoms. The third-order valence-electron chi connectivity index (χ3n) is 3.76. The van der Waals surface area contributed by atoms with Crippen LogP contribution in [0.4, 0.5) is 0 Å². The molecule has 0 aromatic carbocycles. The first kappa shape index (κ1) is 16.7. The molecule has 3 rings (SSSR count). The third-order valence-corrected chi connectivity index (χ3v) is 8.58. The van der Waals surface area contributed by atoms with Gasteiger partial charge in [0.05, 0.1) is 16.8 Å². The Labute approximate surface area is 149 Å². The molecule has 1 saturated carbocycles. The van der Waals surface area contributed by atoms with Gasteiger partial charge >= 0.3 is 0 Å². The summed E-state index contributed by atoms with van der Waals surface area (Å²) in [6.07, 6.45) is 11.1. The molecular formula is C16H20N2S4. The van der Waals surface area contributed by atoms with E-state index in [9.17, 15) is 0 Å². The monoisotopic (exact) mass is 368 g/mol. The molecule has 2 nitrogen and oxygen atoms in total. The number of hydrogen-bond acceptors (Lipinski definition) is 6. The van der Waals surface area contributed by atoms with Crippen LogP contribution in [0.1, 0.15) is 36.3 Å². The van der Waals surface area contributed by atoms with Crippen LogP contribution in [-0.2, 0) is 0 Å². The zero-order valence-electron chi connectivity index (χ0n) is 12.7. The van der Waals surface area contributed by atoms with Crippen LogP contribution in [0.2, 0.25) is 0 Å². The van der Waals surface area contributed by atoms with Gasteiger partial charge < -0.3 is 0 Å². The quantitative estimate of drug-likeness (QED) is 0.370. The Hall–Kier alpha value is -0.170. The first-order valence-corrected chi connectivity index (χ1v) is 11.2. The zero-order valence-corrected chi connectivity index (χ0v) is 15.9. The minimum absolute atomic E-state index is 0.601. The van der Waals surface area contributed by atoms with E-state index in [0.717, 1.165) is 20.4 Å². The van der Waals surface area contributed by atoms with Gasteiger partial charge in [0.2, 0.25) is 0 Å². The number of fused-ring (bicyclic) bond motifs is 1. The summed E-state index contributed by atoms with van der Waals surface area (Å²) < 4.78 is 2.44. The predicted octanol–water partition coefficient (Wildman–Crippen LogP) is 5.85. The summed E-state index contributed by atoms with van der Waals surface area (Å²) in [4.78, 5) is 10.8. The van der Waals surface area contributed by atoms with Crippen LogP contribution < -0.4 is 0 Å². The Morgan fingerprint density at radius 2 is 2.18 bits per heavy atom. The summed E-state index contributed by atoms with van der Waals surface area (Å²) in [6.45, 7) is 5.83. The first-order valence-electron chi connectivity index (χ1n) is 7.53. The van der Waals surface area contributed by atoms with Crippen molar-refractivity contribution >= 4 is 57.1 Å². The van der Waals surface area contributed by atoms with Gasteiger partial charge in [0, 0.05) is 10.1 Å². The Morgan fingerprint density at radius 1 is 1.32 bits per heavy atom. The van der Waals surface area contributed by atoms with E-state index in [1.54, 1.807) is 17.4 Å². The molecule has 0 radical (unpaired) electrons. The van der Waals surface area contributed by atoms with E-state index < -0.39 is 0 Å². The van der Waals surface area contributed by atoms with Gasteiger partial charge in [-0.05, 0) is 25.8 Å². The molecule has 1 fully saturated rings. The van der Waals surface area contributed by atoms with Gasteiger partial charge in [0.25, 0.3) is 0 Å². The summed E-state index contributed by atoms with van der Waals surface area (Å²) in [5.74, 6) is 0. The van der Waals surface area contributed by atoms with Gasteiger partial charge in [-0.15, -0.1) is 11.3 Å². The SMILES string of the molecule is C=C/C=C\c1nc(SCSC2=NC3CCCCC3S2)sc1C. The Bertz CT molecular complexity index is 591. The van der Waals surface area contributed by atoms with Crippen molar-refractivity contribution in [2.24, 2.45) is 4.99 Å². The van der Waals surface area contributed by atoms with E-state index in [4.69, 9.17) is 4.99 Å². The summed E-state index contributed by atoms with van der Waals surface area (Å²) in [5, 5.41) is 1.77. The summed E-state index contributed by atoms with van der Waals surface area (Å²) in [6, 6.07) is 0.601. The number of rotatable bonds is 5. The molecule has 1 aliphatic heterocycles. The maximum atomic E-state index is 4.89. The molecule has 2 aliphatic rings. The fraction of sp³-hybridized carbons (Fsp3) is 0.500. The lowest BCUT2D eigenvalue weighted by Crippen LogP contribution is -2.21. The molecule has 0 spiro atoms. The molecule has 6 heteroatoms. The fourth-order valence-corrected chi connectivity index (χ4v) is 7.87. The number of nitrogens with zero attached hydrogens (tertiary/aromatic N) is 2. The molecular weight excluding hydrogens is 348 g/mol. The standard InChI is InChI=1S/C16H20N2S4/c1-3-4-7-12-11(2)21-15(17-12)19-10-20-16-18-13-8-5-6-9-14(13)22-16/h3-4,7,13-14H,1,5-6,8-10H2,2H3/b7-4-. The molecule has 118 valence electrons. The van der Waals surface area contributed by atoms with Crippen LogP contribution in [0.25, 0.3) is 6.08 Å². The van der Waals surface area contributed by atoms with Crippen LogP contribution in [0.15, 0.2) is 28.1 Å². The van der Waals surface area contributed by atoms with E-state index in [2.05, 4.69) is 18.5 Å². The van der Waals surface area contributed by atoms with Crippen molar-refractivity contribution in [2.45, 2.75) is 48.2 Å². The third kappa shape index (κ3) is 4.22. The van der Waals surface area contributed by atoms with E-state index in [0.29, 0.717) is 6.04 Å². The second-order valence-electron chi connectivity index (χ2n) is 5.33. The van der Waals surface area contributed by atoms with Gasteiger partial charge in [-0.2, -0.15) is 0 Å². The number of thiazole rings is 1. The van der Waals surface area contributed by atoms with Gasteiger partial charge in [-0.1, -0.05) is 66.9 Å². The van der Waals surface area contributed by atoms with Crippen molar-refractivity contribution in [3.8, 4) is 0 Å². The fourth-order valence-electron chi connectivity index (χ4n) is 2.62. The molecule has 0 amide bonds. The summed E-state index contributed by atoms with van der Waals surface area (Å²) in [7, 11) is 0. The van der Waals surface area contributed by atoms with Gasteiger partial charge in [-0.25, -0.2) is 4.98 Å². The van der Waals surface area contributed by atoms with Gasteiger partial charge in [0.1, 0.15) is 4.38 Å². The number of thioether (sulfide) groups is 3. The predicted molar refractivity (Wildman–Crippen MR) is 105 cm³/mol. The van der Waals surface area contributed by atoms with E-state index in [1.807, 2.05) is 47.4 Å². The van der Waals surface area contributed by atoms with Crippen molar-refractivity contribution in [3.05, 3.63) is 29.3 Å². The second kappa shape index (κ2) is 8.08. The van der Waals surface area contributed by atoms with Crippen LogP contribution >= 0.6 is 46.6 Å². The Kier molecular flexibility index (Phi) is 6.13. The van der Waals surface area contributed by atoms with Crippen molar-refractivity contribution in [3.63, 3.8) is 0 Å². The molecule has 1 aliphatic carbocycles. The van der Waals surface area contributed by atoms with E-state index in [1.165, 1.54) is 34.9 Å².